The summed E-state index contributed by atoms with van der Waals surface area (Å²) in [6, 6.07) is 22.9. The van der Waals surface area contributed by atoms with Crippen molar-refractivity contribution in [2.75, 3.05) is 20.1 Å². The van der Waals surface area contributed by atoms with Gasteiger partial charge in [0.15, 0.2) is 5.96 Å². The maximum atomic E-state index is 5.83. The first-order chi connectivity index (χ1) is 16.3. The van der Waals surface area contributed by atoms with E-state index < -0.39 is 0 Å². The predicted molar refractivity (Wildman–Crippen MR) is 133 cm³/mol. The highest BCUT2D eigenvalue weighted by Crippen LogP contribution is 2.14. The van der Waals surface area contributed by atoms with Crippen LogP contribution in [0, 0.1) is 0 Å². The molecule has 3 aromatic rings. The Kier molecular flexibility index (Phi) is 8.30. The molecule has 1 saturated heterocycles. The molecule has 2 N–H and O–H groups in total. The number of hydrogen-bond acceptors (Lipinski definition) is 4. The topological polar surface area (TPSA) is 61.8 Å². The molecule has 1 aliphatic rings. The molecule has 0 atom stereocenters. The van der Waals surface area contributed by atoms with Gasteiger partial charge in [0.2, 0.25) is 5.88 Å². The minimum absolute atomic E-state index is 0.505. The van der Waals surface area contributed by atoms with E-state index >= 15 is 0 Å². The fourth-order valence-corrected chi connectivity index (χ4v) is 3.92. The van der Waals surface area contributed by atoms with Crippen molar-refractivity contribution in [2.45, 2.75) is 39.1 Å². The van der Waals surface area contributed by atoms with Gasteiger partial charge in [0.05, 0.1) is 0 Å². The first kappa shape index (κ1) is 22.8. The highest BCUT2D eigenvalue weighted by Gasteiger charge is 2.11. The number of aliphatic imine (C=N–C) groups is 1. The number of guanidine groups is 1. The van der Waals surface area contributed by atoms with Gasteiger partial charge in [-0.25, -0.2) is 4.98 Å². The van der Waals surface area contributed by atoms with E-state index in [1.54, 1.807) is 13.2 Å². The first-order valence-corrected chi connectivity index (χ1v) is 11.6. The maximum absolute atomic E-state index is 5.83. The van der Waals surface area contributed by atoms with Crippen molar-refractivity contribution in [3.8, 4) is 5.88 Å². The zero-order valence-corrected chi connectivity index (χ0v) is 19.3. The van der Waals surface area contributed by atoms with Crippen LogP contribution in [0.25, 0.3) is 0 Å². The number of likely N-dealkylation sites (tertiary alicyclic amines) is 1. The summed E-state index contributed by atoms with van der Waals surface area (Å²) in [4.78, 5) is 11.2. The number of hydrogen-bond donors (Lipinski definition) is 2. The van der Waals surface area contributed by atoms with Crippen LogP contribution in [0.15, 0.2) is 77.9 Å². The molecule has 1 aliphatic heterocycles. The molecule has 0 bridgehead atoms. The normalized spacial score (nSPS) is 14.3. The number of pyridine rings is 1. The number of nitrogens with one attached hydrogen (secondary N) is 2. The molecule has 2 aromatic carbocycles. The second kappa shape index (κ2) is 12.0. The quantitative estimate of drug-likeness (QED) is 0.385. The average Bonchev–Trinajstić information content (AvgIpc) is 3.38. The summed E-state index contributed by atoms with van der Waals surface area (Å²) in [5.74, 6) is 1.38. The molecule has 0 unspecified atom stereocenters. The Hall–Kier alpha value is -3.38. The van der Waals surface area contributed by atoms with Gasteiger partial charge in [-0.05, 0) is 54.3 Å². The van der Waals surface area contributed by atoms with Crippen molar-refractivity contribution in [2.24, 2.45) is 4.99 Å². The van der Waals surface area contributed by atoms with E-state index in [1.165, 1.54) is 37.1 Å². The number of aromatic nitrogens is 1. The fourth-order valence-electron chi connectivity index (χ4n) is 3.92. The van der Waals surface area contributed by atoms with E-state index in [2.05, 4.69) is 49.8 Å². The molecule has 0 aliphatic carbocycles. The Bertz CT molecular complexity index is 1010. The summed E-state index contributed by atoms with van der Waals surface area (Å²) < 4.78 is 5.83. The van der Waals surface area contributed by atoms with Crippen LogP contribution >= 0.6 is 0 Å². The van der Waals surface area contributed by atoms with E-state index in [0.29, 0.717) is 19.0 Å². The Morgan fingerprint density at radius 1 is 0.879 bits per heavy atom. The number of nitrogens with zero attached hydrogens (tertiary/aromatic N) is 3. The van der Waals surface area contributed by atoms with E-state index in [1.807, 2.05) is 42.5 Å². The van der Waals surface area contributed by atoms with Crippen molar-refractivity contribution < 1.29 is 4.74 Å². The molecule has 1 fully saturated rings. The average molecular weight is 444 g/mol. The van der Waals surface area contributed by atoms with Gasteiger partial charge < -0.3 is 15.4 Å². The minimum Gasteiger partial charge on any atom is -0.473 e. The minimum atomic E-state index is 0.505. The van der Waals surface area contributed by atoms with Crippen molar-refractivity contribution in [1.29, 1.82) is 0 Å². The third kappa shape index (κ3) is 7.32. The summed E-state index contributed by atoms with van der Waals surface area (Å²) in [5, 5.41) is 6.76. The predicted octanol–water partition coefficient (Wildman–Crippen LogP) is 4.12. The van der Waals surface area contributed by atoms with Crippen molar-refractivity contribution in [3.05, 3.63) is 95.2 Å². The second-order valence-corrected chi connectivity index (χ2v) is 8.36. The third-order valence-corrected chi connectivity index (χ3v) is 5.80. The van der Waals surface area contributed by atoms with Gasteiger partial charge in [-0.1, -0.05) is 54.6 Å². The summed E-state index contributed by atoms with van der Waals surface area (Å²) in [6.07, 6.45) is 4.43. The van der Waals surface area contributed by atoms with E-state index in [-0.39, 0.29) is 0 Å². The van der Waals surface area contributed by atoms with E-state index in [4.69, 9.17) is 4.74 Å². The molecular formula is C27H33N5O. The zero-order chi connectivity index (χ0) is 22.7. The smallest absolute Gasteiger partial charge is 0.213 e. The van der Waals surface area contributed by atoms with Gasteiger partial charge in [0.25, 0.3) is 0 Å². The van der Waals surface area contributed by atoms with E-state index in [0.717, 1.165) is 30.2 Å². The monoisotopic (exact) mass is 443 g/mol. The van der Waals surface area contributed by atoms with Gasteiger partial charge >= 0.3 is 0 Å². The molecule has 0 amide bonds. The van der Waals surface area contributed by atoms with Crippen LogP contribution in [0.2, 0.25) is 0 Å². The van der Waals surface area contributed by atoms with Crippen molar-refractivity contribution in [1.82, 2.24) is 20.5 Å². The van der Waals surface area contributed by atoms with Crippen LogP contribution in [0.5, 0.6) is 5.88 Å². The Balaban J connectivity index is 1.22. The lowest BCUT2D eigenvalue weighted by atomic mass is 10.1. The Labute approximate surface area is 196 Å². The molecule has 6 nitrogen and oxygen atoms in total. The van der Waals surface area contributed by atoms with Gasteiger partial charge in [-0.15, -0.1) is 0 Å². The Morgan fingerprint density at radius 3 is 2.30 bits per heavy atom. The lowest BCUT2D eigenvalue weighted by Gasteiger charge is -2.15. The molecule has 6 heteroatoms. The third-order valence-electron chi connectivity index (χ3n) is 5.80. The molecule has 0 saturated carbocycles. The highest BCUT2D eigenvalue weighted by molar-refractivity contribution is 5.79. The molecule has 4 rings (SSSR count). The van der Waals surface area contributed by atoms with Gasteiger partial charge in [-0.3, -0.25) is 9.89 Å². The molecule has 33 heavy (non-hydrogen) atoms. The molecular weight excluding hydrogens is 410 g/mol. The van der Waals surface area contributed by atoms with Crippen LogP contribution < -0.4 is 15.4 Å². The van der Waals surface area contributed by atoms with Gasteiger partial charge in [0.1, 0.15) is 6.61 Å². The number of ether oxygens (including phenoxy) is 1. The standard InChI is InChI=1S/C27H33N5O/c1-28-27(30-18-22-9-11-23(12-10-22)20-32-15-5-6-16-32)31-19-25-13-14-29-26(17-25)33-21-24-7-3-2-4-8-24/h2-4,7-14,17H,5-6,15-16,18-21H2,1H3,(H2,28,30,31). The number of rotatable bonds is 9. The number of benzene rings is 2. The maximum Gasteiger partial charge on any atom is 0.213 e. The fraction of sp³-hybridized carbons (Fsp3) is 0.333. The summed E-state index contributed by atoms with van der Waals surface area (Å²) in [6.45, 7) is 5.38. The van der Waals surface area contributed by atoms with Crippen LogP contribution in [0.3, 0.4) is 0 Å². The first-order valence-electron chi connectivity index (χ1n) is 11.6. The zero-order valence-electron chi connectivity index (χ0n) is 19.3. The molecule has 0 radical (unpaired) electrons. The molecule has 0 spiro atoms. The SMILES string of the molecule is CN=C(NCc1ccc(CN2CCCC2)cc1)NCc1ccnc(OCc2ccccc2)c1. The molecule has 2 heterocycles. The lowest BCUT2D eigenvalue weighted by Crippen LogP contribution is -2.36. The largest absolute Gasteiger partial charge is 0.473 e. The second-order valence-electron chi connectivity index (χ2n) is 8.36. The van der Waals surface area contributed by atoms with Crippen molar-refractivity contribution >= 4 is 5.96 Å². The van der Waals surface area contributed by atoms with Gasteiger partial charge in [0, 0.05) is 38.9 Å². The summed E-state index contributed by atoms with van der Waals surface area (Å²) in [7, 11) is 1.79. The molecule has 1 aromatic heterocycles. The molecule has 172 valence electrons. The lowest BCUT2D eigenvalue weighted by molar-refractivity contribution is 0.293. The van der Waals surface area contributed by atoms with E-state index in [9.17, 15) is 0 Å². The summed E-state index contributed by atoms with van der Waals surface area (Å²) >= 11 is 0. The van der Waals surface area contributed by atoms with Crippen LogP contribution in [0.1, 0.15) is 35.1 Å². The highest BCUT2D eigenvalue weighted by atomic mass is 16.5. The van der Waals surface area contributed by atoms with Crippen LogP contribution in [-0.2, 0) is 26.2 Å². The summed E-state index contributed by atoms with van der Waals surface area (Å²) in [5.41, 5.74) is 4.83. The van der Waals surface area contributed by atoms with Crippen molar-refractivity contribution in [3.63, 3.8) is 0 Å². The van der Waals surface area contributed by atoms with Crippen LogP contribution in [-0.4, -0.2) is 36.0 Å². The van der Waals surface area contributed by atoms with Gasteiger partial charge in [-0.2, -0.15) is 0 Å². The Morgan fingerprint density at radius 2 is 1.58 bits per heavy atom. The van der Waals surface area contributed by atoms with Crippen LogP contribution in [0.4, 0.5) is 0 Å².